The van der Waals surface area contributed by atoms with Crippen LogP contribution in [0.3, 0.4) is 0 Å². The van der Waals surface area contributed by atoms with Gasteiger partial charge in [-0.1, -0.05) is 41.9 Å². The van der Waals surface area contributed by atoms with Crippen molar-refractivity contribution in [2.75, 3.05) is 0 Å². The summed E-state index contributed by atoms with van der Waals surface area (Å²) in [6.07, 6.45) is 1.30. The first-order chi connectivity index (χ1) is 13.9. The highest BCUT2D eigenvalue weighted by Crippen LogP contribution is 2.36. The van der Waals surface area contributed by atoms with E-state index >= 15 is 0 Å². The van der Waals surface area contributed by atoms with Crippen molar-refractivity contribution in [3.8, 4) is 0 Å². The molecule has 2 N–H and O–H groups in total. The molecule has 0 saturated heterocycles. The Labute approximate surface area is 175 Å². The molecular formula is C20H15ClF4N2O2S. The monoisotopic (exact) mass is 458 g/mol. The Morgan fingerprint density at radius 2 is 1.67 bits per heavy atom. The zero-order chi connectivity index (χ0) is 22.2. The molecule has 0 aliphatic carbocycles. The van der Waals surface area contributed by atoms with Gasteiger partial charge in [-0.05, 0) is 41.5 Å². The lowest BCUT2D eigenvalue weighted by molar-refractivity contribution is -0.0436. The van der Waals surface area contributed by atoms with Gasteiger partial charge in [-0.15, -0.1) is 0 Å². The summed E-state index contributed by atoms with van der Waals surface area (Å²) < 4.78 is 77.1. The van der Waals surface area contributed by atoms with E-state index in [2.05, 4.69) is 4.98 Å². The summed E-state index contributed by atoms with van der Waals surface area (Å²) >= 11 is 5.86. The van der Waals surface area contributed by atoms with Crippen molar-refractivity contribution in [3.05, 3.63) is 94.5 Å². The Morgan fingerprint density at radius 3 is 2.23 bits per heavy atom. The predicted molar refractivity (Wildman–Crippen MR) is 104 cm³/mol. The predicted octanol–water partition coefficient (Wildman–Crippen LogP) is 4.61. The molecule has 0 aliphatic rings. The van der Waals surface area contributed by atoms with E-state index in [1.807, 2.05) is 0 Å². The van der Waals surface area contributed by atoms with E-state index < -0.39 is 31.6 Å². The molecule has 30 heavy (non-hydrogen) atoms. The maximum Gasteiger partial charge on any atom is 0.501 e. The third-order valence-electron chi connectivity index (χ3n) is 4.51. The second-order valence-corrected chi connectivity index (χ2v) is 9.00. The van der Waals surface area contributed by atoms with Crippen LogP contribution in [0.25, 0.3) is 0 Å². The molecule has 3 aromatic rings. The fourth-order valence-electron chi connectivity index (χ4n) is 3.01. The molecule has 2 aromatic carbocycles. The Balaban J connectivity index is 2.23. The minimum Gasteiger partial charge on any atom is -0.316 e. The zero-order valence-corrected chi connectivity index (χ0v) is 16.8. The molecule has 0 aliphatic heterocycles. The number of aromatic nitrogens is 1. The summed E-state index contributed by atoms with van der Waals surface area (Å²) in [7, 11) is -5.78. The van der Waals surface area contributed by atoms with Crippen LogP contribution in [0.15, 0.2) is 71.8 Å². The second-order valence-electron chi connectivity index (χ2n) is 6.62. The summed E-state index contributed by atoms with van der Waals surface area (Å²) in [6, 6.07) is 13.5. The van der Waals surface area contributed by atoms with Crippen LogP contribution in [0.2, 0.25) is 5.02 Å². The van der Waals surface area contributed by atoms with Gasteiger partial charge in [0.2, 0.25) is 0 Å². The molecule has 4 nitrogen and oxygen atoms in total. The molecule has 0 spiro atoms. The summed E-state index contributed by atoms with van der Waals surface area (Å²) in [5, 5.41) is 0.292. The van der Waals surface area contributed by atoms with Gasteiger partial charge >= 0.3 is 5.51 Å². The van der Waals surface area contributed by atoms with Crippen molar-refractivity contribution in [3.63, 3.8) is 0 Å². The molecule has 1 unspecified atom stereocenters. The number of pyridine rings is 1. The zero-order valence-electron chi connectivity index (χ0n) is 15.2. The molecule has 0 radical (unpaired) electrons. The largest absolute Gasteiger partial charge is 0.501 e. The van der Waals surface area contributed by atoms with Crippen LogP contribution >= 0.6 is 11.6 Å². The van der Waals surface area contributed by atoms with Crippen LogP contribution < -0.4 is 5.73 Å². The number of nitrogens with two attached hydrogens (primary N) is 1. The van der Waals surface area contributed by atoms with E-state index in [1.165, 1.54) is 18.3 Å². The van der Waals surface area contributed by atoms with Gasteiger partial charge in [0.15, 0.2) is 0 Å². The first kappa shape index (κ1) is 22.2. The van der Waals surface area contributed by atoms with Crippen LogP contribution in [-0.2, 0) is 21.8 Å². The number of sulfone groups is 1. The number of hydrogen-bond donors (Lipinski definition) is 1. The molecule has 3 rings (SSSR count). The minimum atomic E-state index is -5.78. The number of alkyl halides is 3. The molecule has 1 atom stereocenters. The minimum absolute atomic E-state index is 0.0113. The number of nitrogens with zero attached hydrogens (tertiary/aromatic N) is 1. The van der Waals surface area contributed by atoms with E-state index in [0.29, 0.717) is 16.7 Å². The Hall–Kier alpha value is -2.49. The van der Waals surface area contributed by atoms with Gasteiger partial charge < -0.3 is 5.73 Å². The van der Waals surface area contributed by atoms with Crippen LogP contribution in [-0.4, -0.2) is 18.9 Å². The lowest BCUT2D eigenvalue weighted by Gasteiger charge is -2.30. The molecule has 1 aromatic heterocycles. The van der Waals surface area contributed by atoms with Crippen LogP contribution in [0.4, 0.5) is 17.6 Å². The van der Waals surface area contributed by atoms with E-state index in [4.69, 9.17) is 17.3 Å². The Kier molecular flexibility index (Phi) is 5.90. The van der Waals surface area contributed by atoms with E-state index in [0.717, 1.165) is 12.1 Å². The van der Waals surface area contributed by atoms with E-state index in [1.54, 1.807) is 30.3 Å². The molecule has 1 heterocycles. The summed E-state index contributed by atoms with van der Waals surface area (Å²) in [4.78, 5) is 2.91. The third-order valence-corrected chi connectivity index (χ3v) is 6.20. The van der Waals surface area contributed by atoms with Crippen molar-refractivity contribution >= 4 is 21.4 Å². The molecule has 0 amide bonds. The summed E-state index contributed by atoms with van der Waals surface area (Å²) in [5.74, 6) is -1.17. The van der Waals surface area contributed by atoms with Crippen LogP contribution in [0, 0.1) is 5.82 Å². The summed E-state index contributed by atoms with van der Waals surface area (Å²) in [6.45, 7) is 0. The van der Waals surface area contributed by atoms with Crippen molar-refractivity contribution < 1.29 is 26.0 Å². The molecule has 0 fully saturated rings. The van der Waals surface area contributed by atoms with E-state index in [-0.39, 0.29) is 17.7 Å². The van der Waals surface area contributed by atoms with Crippen molar-refractivity contribution in [2.24, 2.45) is 5.73 Å². The summed E-state index contributed by atoms with van der Waals surface area (Å²) in [5.41, 5.74) is 0.0219. The van der Waals surface area contributed by atoms with Gasteiger partial charge in [0.25, 0.3) is 9.84 Å². The van der Waals surface area contributed by atoms with E-state index in [9.17, 15) is 26.0 Å². The van der Waals surface area contributed by atoms with Gasteiger partial charge in [0.05, 0.1) is 21.2 Å². The van der Waals surface area contributed by atoms with Gasteiger partial charge in [-0.2, -0.15) is 13.2 Å². The second kappa shape index (κ2) is 7.98. The average molecular weight is 459 g/mol. The maximum absolute atomic E-state index is 14.3. The molecule has 10 heteroatoms. The standard InChI is InChI=1S/C20H15ClF4N2O2S/c21-15-6-7-18(27-12-15)19(26,11-13-4-2-1-3-5-13)14-8-16(22)10-17(9-14)30(28,29)20(23,24)25/h1-10,12H,11,26H2. The van der Waals surface area contributed by atoms with Gasteiger partial charge in [-0.3, -0.25) is 4.98 Å². The van der Waals surface area contributed by atoms with Gasteiger partial charge in [-0.25, -0.2) is 12.8 Å². The lowest BCUT2D eigenvalue weighted by atomic mass is 9.81. The van der Waals surface area contributed by atoms with Crippen molar-refractivity contribution in [1.29, 1.82) is 0 Å². The fraction of sp³-hybridized carbons (Fsp3) is 0.150. The number of hydrogen-bond acceptors (Lipinski definition) is 4. The highest BCUT2D eigenvalue weighted by atomic mass is 35.5. The topological polar surface area (TPSA) is 73.1 Å². The van der Waals surface area contributed by atoms with Gasteiger partial charge in [0.1, 0.15) is 5.82 Å². The van der Waals surface area contributed by atoms with Crippen LogP contribution in [0.1, 0.15) is 16.8 Å². The number of benzene rings is 2. The highest BCUT2D eigenvalue weighted by molar-refractivity contribution is 7.92. The first-order valence-electron chi connectivity index (χ1n) is 8.51. The average Bonchev–Trinajstić information content (AvgIpc) is 2.67. The Morgan fingerprint density at radius 1 is 1.00 bits per heavy atom. The Bertz CT molecular complexity index is 1150. The smallest absolute Gasteiger partial charge is 0.316 e. The number of rotatable bonds is 5. The molecule has 0 bridgehead atoms. The normalized spacial score (nSPS) is 14.3. The van der Waals surface area contributed by atoms with Crippen LogP contribution in [0.5, 0.6) is 0 Å². The molecule has 158 valence electrons. The first-order valence-corrected chi connectivity index (χ1v) is 10.4. The lowest BCUT2D eigenvalue weighted by Crippen LogP contribution is -2.41. The molecule has 0 saturated carbocycles. The molecular weight excluding hydrogens is 444 g/mol. The van der Waals surface area contributed by atoms with Gasteiger partial charge in [0, 0.05) is 12.6 Å². The SMILES string of the molecule is NC(Cc1ccccc1)(c1cc(F)cc(S(=O)(=O)C(F)(F)F)c1)c1ccc(Cl)cn1. The van der Waals surface area contributed by atoms with Crippen molar-refractivity contribution in [1.82, 2.24) is 4.98 Å². The quantitative estimate of drug-likeness (QED) is 0.566. The van der Waals surface area contributed by atoms with Crippen molar-refractivity contribution in [2.45, 2.75) is 22.4 Å². The highest BCUT2D eigenvalue weighted by Gasteiger charge is 2.47. The third kappa shape index (κ3) is 4.33. The number of halogens is 5. The fourth-order valence-corrected chi connectivity index (χ4v) is 3.94. The maximum atomic E-state index is 14.3.